The van der Waals surface area contributed by atoms with E-state index in [-0.39, 0.29) is 46.4 Å². The third-order valence-corrected chi connectivity index (χ3v) is 13.7. The number of ether oxygens (including phenoxy) is 2. The fourth-order valence-corrected chi connectivity index (χ4v) is 11.7. The number of hydrogen-bond acceptors (Lipinski definition) is 4. The SMILES string of the molecule is C[C@H]1[C@H](C)CC[C@@]23CC[C@]4(C)C(OC2=O)([C@H](F)C[C@@H]2[C@@]5(C)CCC(=O)OC(C)(C)[C@@H]5CC[C@]24C)[C@H]13. The molecule has 0 aromatic heterocycles. The maximum absolute atomic E-state index is 17.2. The van der Waals surface area contributed by atoms with Crippen LogP contribution in [0.4, 0.5) is 4.39 Å². The molecule has 0 amide bonds. The molecule has 4 aliphatic carbocycles. The van der Waals surface area contributed by atoms with Crippen molar-refractivity contribution < 1.29 is 23.5 Å². The van der Waals surface area contributed by atoms with Crippen molar-refractivity contribution in [2.45, 2.75) is 124 Å². The highest BCUT2D eigenvalue weighted by molar-refractivity contribution is 5.82. The molecule has 35 heavy (non-hydrogen) atoms. The molecule has 11 atom stereocenters. The van der Waals surface area contributed by atoms with Gasteiger partial charge in [0.25, 0.3) is 0 Å². The smallest absolute Gasteiger partial charge is 0.313 e. The number of alkyl halides is 1. The summed E-state index contributed by atoms with van der Waals surface area (Å²) in [6.07, 6.45) is 5.87. The number of hydrogen-bond donors (Lipinski definition) is 0. The average molecular weight is 489 g/mol. The lowest BCUT2D eigenvalue weighted by atomic mass is 9.31. The molecule has 0 radical (unpaired) electrons. The van der Waals surface area contributed by atoms with Gasteiger partial charge in [-0.05, 0) is 93.8 Å². The van der Waals surface area contributed by atoms with Gasteiger partial charge >= 0.3 is 11.9 Å². The lowest BCUT2D eigenvalue weighted by Gasteiger charge is -2.73. The highest BCUT2D eigenvalue weighted by Gasteiger charge is 2.84. The van der Waals surface area contributed by atoms with Crippen LogP contribution >= 0.6 is 0 Å². The molecule has 0 aromatic rings. The molecule has 0 N–H and O–H groups in total. The Hall–Kier alpha value is -1.13. The zero-order chi connectivity index (χ0) is 25.4. The molecule has 1 unspecified atom stereocenters. The van der Waals surface area contributed by atoms with Crippen molar-refractivity contribution in [2.24, 2.45) is 51.2 Å². The summed E-state index contributed by atoms with van der Waals surface area (Å²) in [5.41, 5.74) is -2.87. The van der Waals surface area contributed by atoms with E-state index in [4.69, 9.17) is 9.47 Å². The van der Waals surface area contributed by atoms with Gasteiger partial charge in [0.2, 0.25) is 0 Å². The predicted molar refractivity (Wildman–Crippen MR) is 131 cm³/mol. The van der Waals surface area contributed by atoms with Gasteiger partial charge in [-0.2, -0.15) is 0 Å². The van der Waals surface area contributed by atoms with Crippen LogP contribution in [0.25, 0.3) is 0 Å². The summed E-state index contributed by atoms with van der Waals surface area (Å²) in [5, 5.41) is 0. The van der Waals surface area contributed by atoms with Gasteiger partial charge in [0.05, 0.1) is 5.41 Å². The second kappa shape index (κ2) is 6.84. The van der Waals surface area contributed by atoms with Crippen molar-refractivity contribution in [2.75, 3.05) is 0 Å². The summed E-state index contributed by atoms with van der Waals surface area (Å²) >= 11 is 0. The molecule has 4 saturated carbocycles. The minimum Gasteiger partial charge on any atom is -0.459 e. The Morgan fingerprint density at radius 3 is 2.29 bits per heavy atom. The third kappa shape index (κ3) is 2.50. The topological polar surface area (TPSA) is 52.6 Å². The van der Waals surface area contributed by atoms with Crippen LogP contribution in [-0.4, -0.2) is 29.3 Å². The molecule has 6 aliphatic rings. The van der Waals surface area contributed by atoms with Gasteiger partial charge < -0.3 is 9.47 Å². The third-order valence-electron chi connectivity index (χ3n) is 13.7. The average Bonchev–Trinajstić information content (AvgIpc) is 2.93. The second-order valence-electron chi connectivity index (χ2n) is 14.9. The molecule has 196 valence electrons. The quantitative estimate of drug-likeness (QED) is 0.358. The Kier molecular flexibility index (Phi) is 4.73. The Labute approximate surface area is 210 Å². The zero-order valence-corrected chi connectivity index (χ0v) is 22.8. The summed E-state index contributed by atoms with van der Waals surface area (Å²) in [6, 6.07) is 0. The van der Waals surface area contributed by atoms with E-state index in [1.54, 1.807) is 0 Å². The zero-order valence-electron chi connectivity index (χ0n) is 22.8. The van der Waals surface area contributed by atoms with Crippen LogP contribution in [0, 0.1) is 51.2 Å². The number of fused-ring (bicyclic) bond motifs is 4. The van der Waals surface area contributed by atoms with Gasteiger partial charge in [-0.3, -0.25) is 9.59 Å². The summed E-state index contributed by atoms with van der Waals surface area (Å²) in [7, 11) is 0. The monoisotopic (exact) mass is 488 g/mol. The molecule has 2 aliphatic heterocycles. The minimum absolute atomic E-state index is 0.0428. The summed E-state index contributed by atoms with van der Waals surface area (Å²) in [4.78, 5) is 26.3. The Bertz CT molecular complexity index is 977. The Morgan fingerprint density at radius 1 is 0.857 bits per heavy atom. The Balaban J connectivity index is 1.51. The van der Waals surface area contributed by atoms with Gasteiger partial charge in [0.15, 0.2) is 5.60 Å². The van der Waals surface area contributed by atoms with E-state index in [9.17, 15) is 9.59 Å². The van der Waals surface area contributed by atoms with Crippen LogP contribution in [-0.2, 0) is 19.1 Å². The van der Waals surface area contributed by atoms with E-state index in [1.165, 1.54) is 0 Å². The Morgan fingerprint density at radius 2 is 1.57 bits per heavy atom. The van der Waals surface area contributed by atoms with Crippen molar-refractivity contribution in [3.05, 3.63) is 0 Å². The second-order valence-corrected chi connectivity index (χ2v) is 14.9. The summed E-state index contributed by atoms with van der Waals surface area (Å²) in [5.74, 6) is 0.785. The molecule has 6 fully saturated rings. The predicted octanol–water partition coefficient (Wildman–Crippen LogP) is 6.65. The van der Waals surface area contributed by atoms with Crippen LogP contribution in [0.3, 0.4) is 0 Å². The normalized spacial score (nSPS) is 58.6. The summed E-state index contributed by atoms with van der Waals surface area (Å²) < 4.78 is 29.6. The van der Waals surface area contributed by atoms with Crippen LogP contribution in [0.15, 0.2) is 0 Å². The molecule has 2 saturated heterocycles. The van der Waals surface area contributed by atoms with Gasteiger partial charge in [-0.25, -0.2) is 4.39 Å². The number of cyclic esters (lactones) is 1. The van der Waals surface area contributed by atoms with Crippen LogP contribution in [0.2, 0.25) is 0 Å². The van der Waals surface area contributed by atoms with Crippen LogP contribution < -0.4 is 0 Å². The van der Waals surface area contributed by atoms with Crippen molar-refractivity contribution in [3.63, 3.8) is 0 Å². The lowest BCUT2D eigenvalue weighted by Crippen LogP contribution is -2.75. The maximum atomic E-state index is 17.2. The largest absolute Gasteiger partial charge is 0.459 e. The van der Waals surface area contributed by atoms with E-state index in [0.29, 0.717) is 18.8 Å². The molecular formula is C30H45FO4. The molecule has 0 aromatic carbocycles. The van der Waals surface area contributed by atoms with E-state index in [2.05, 4.69) is 48.5 Å². The number of halogens is 1. The van der Waals surface area contributed by atoms with E-state index in [1.807, 2.05) is 0 Å². The molecular weight excluding hydrogens is 443 g/mol. The molecule has 2 heterocycles. The van der Waals surface area contributed by atoms with Gasteiger partial charge in [0.1, 0.15) is 11.8 Å². The first-order valence-corrected chi connectivity index (χ1v) is 14.3. The van der Waals surface area contributed by atoms with Crippen molar-refractivity contribution in [3.8, 4) is 0 Å². The van der Waals surface area contributed by atoms with Gasteiger partial charge in [-0.1, -0.05) is 34.6 Å². The lowest BCUT2D eigenvalue weighted by molar-refractivity contribution is -0.304. The van der Waals surface area contributed by atoms with Crippen LogP contribution in [0.5, 0.6) is 0 Å². The maximum Gasteiger partial charge on any atom is 0.313 e. The number of carbonyl (C=O) groups excluding carboxylic acids is 2. The number of carbonyl (C=O) groups is 2. The van der Waals surface area contributed by atoms with Crippen LogP contribution in [0.1, 0.15) is 106 Å². The van der Waals surface area contributed by atoms with Gasteiger partial charge in [-0.15, -0.1) is 0 Å². The molecule has 5 heteroatoms. The van der Waals surface area contributed by atoms with E-state index in [0.717, 1.165) is 44.9 Å². The molecule has 1 spiro atoms. The minimum atomic E-state index is -1.17. The standard InChI is InChI=1S/C30H45FO4/c1-17-8-13-29-15-14-28(7)27(6)12-9-19-25(3,4)34-22(32)10-11-26(19,5)20(27)16-21(31)30(28,35-24(29)33)23(29)18(17)2/h17-21,23H,8-16H2,1-7H3/t17-,18+,19+,20-,21-,23-,26+,27-,28+,29+,30?/m1/s1. The van der Waals surface area contributed by atoms with E-state index < -0.39 is 28.2 Å². The van der Waals surface area contributed by atoms with Crippen molar-refractivity contribution >= 4 is 11.9 Å². The van der Waals surface area contributed by atoms with Gasteiger partial charge in [0, 0.05) is 23.7 Å². The molecule has 2 bridgehead atoms. The highest BCUT2D eigenvalue weighted by Crippen LogP contribution is 2.80. The van der Waals surface area contributed by atoms with Crippen molar-refractivity contribution in [1.29, 1.82) is 0 Å². The fraction of sp³-hybridized carbons (Fsp3) is 0.933. The number of rotatable bonds is 0. The molecule has 4 nitrogen and oxygen atoms in total. The first-order valence-electron chi connectivity index (χ1n) is 14.3. The number of esters is 2. The molecule has 6 rings (SSSR count). The first kappa shape index (κ1) is 24.2. The first-order chi connectivity index (χ1) is 16.2. The fourth-order valence-electron chi connectivity index (χ4n) is 11.7. The van der Waals surface area contributed by atoms with E-state index >= 15 is 4.39 Å². The summed E-state index contributed by atoms with van der Waals surface area (Å²) in [6.45, 7) is 15.6. The van der Waals surface area contributed by atoms with Crippen molar-refractivity contribution in [1.82, 2.24) is 0 Å². The highest BCUT2D eigenvalue weighted by atomic mass is 19.1.